The maximum absolute atomic E-state index is 13.7. The molecule has 7 heteroatoms. The van der Waals surface area contributed by atoms with Gasteiger partial charge in [-0.25, -0.2) is 9.37 Å². The Kier molecular flexibility index (Phi) is 4.08. The second-order valence-electron chi connectivity index (χ2n) is 5.47. The van der Waals surface area contributed by atoms with Gasteiger partial charge in [-0.2, -0.15) is 0 Å². The van der Waals surface area contributed by atoms with E-state index < -0.39 is 12.3 Å². The van der Waals surface area contributed by atoms with Crippen molar-refractivity contribution >= 4 is 11.0 Å². The van der Waals surface area contributed by atoms with E-state index in [2.05, 4.69) is 4.98 Å². The molecule has 1 aromatic heterocycles. The second kappa shape index (κ2) is 6.02. The molecule has 2 aromatic rings. The maximum atomic E-state index is 13.7. The first kappa shape index (κ1) is 14.9. The molecule has 0 amide bonds. The quantitative estimate of drug-likeness (QED) is 0.907. The molecule has 2 unspecified atom stereocenters. The molecule has 22 heavy (non-hydrogen) atoms. The summed E-state index contributed by atoms with van der Waals surface area (Å²) >= 11 is 0. The largest absolute Gasteiger partial charge is 0.497 e. The topological polar surface area (TPSA) is 67.6 Å². The van der Waals surface area contributed by atoms with Crippen LogP contribution in [0.3, 0.4) is 0 Å². The van der Waals surface area contributed by atoms with Crippen LogP contribution >= 0.6 is 0 Å². The van der Waals surface area contributed by atoms with Crippen LogP contribution in [-0.2, 0) is 6.67 Å². The molecule has 118 valence electrons. The van der Waals surface area contributed by atoms with Crippen molar-refractivity contribution in [1.29, 1.82) is 0 Å². The number of nitrogens with zero attached hydrogens (tertiary/aromatic N) is 3. The van der Waals surface area contributed by atoms with Crippen molar-refractivity contribution in [2.75, 3.05) is 20.2 Å². The third-order valence-corrected chi connectivity index (χ3v) is 3.99. The summed E-state index contributed by atoms with van der Waals surface area (Å²) < 4.78 is 20.4. The molecule has 0 aliphatic carbocycles. The molecule has 1 aliphatic rings. The Morgan fingerprint density at radius 1 is 1.50 bits per heavy atom. The number of alkyl halides is 1. The van der Waals surface area contributed by atoms with Gasteiger partial charge in [0.2, 0.25) is 0 Å². The first-order valence-electron chi connectivity index (χ1n) is 7.16. The van der Waals surface area contributed by atoms with Gasteiger partial charge in [-0.15, -0.1) is 0 Å². The molecule has 0 radical (unpaired) electrons. The highest BCUT2D eigenvalue weighted by atomic mass is 19.1. The zero-order valence-electron chi connectivity index (χ0n) is 12.3. The SMILES string of the molecule is COc1ccc2ncc(=O)n(CN3CCC(O)C(F)C3)c2c1. The van der Waals surface area contributed by atoms with Gasteiger partial charge in [0, 0.05) is 19.2 Å². The van der Waals surface area contributed by atoms with E-state index in [9.17, 15) is 14.3 Å². The van der Waals surface area contributed by atoms with Crippen molar-refractivity contribution < 1.29 is 14.2 Å². The highest BCUT2D eigenvalue weighted by Crippen LogP contribution is 2.19. The number of hydrogen-bond acceptors (Lipinski definition) is 5. The average Bonchev–Trinajstić information content (AvgIpc) is 2.53. The standard InChI is InChI=1S/C15H18FN3O3/c1-22-10-2-3-12-13(6-10)19(15(21)7-17-12)9-18-5-4-14(20)11(16)8-18/h2-3,6-7,11,14,20H,4-5,8-9H2,1H3. The molecule has 0 bridgehead atoms. The summed E-state index contributed by atoms with van der Waals surface area (Å²) in [6.45, 7) is 0.918. The van der Waals surface area contributed by atoms with Crippen LogP contribution in [0.4, 0.5) is 4.39 Å². The van der Waals surface area contributed by atoms with Gasteiger partial charge in [-0.3, -0.25) is 14.3 Å². The number of benzene rings is 1. The van der Waals surface area contributed by atoms with Crippen LogP contribution in [0.15, 0.2) is 29.2 Å². The van der Waals surface area contributed by atoms with Gasteiger partial charge in [0.15, 0.2) is 0 Å². The third-order valence-electron chi connectivity index (χ3n) is 3.99. The molecular weight excluding hydrogens is 289 g/mol. The zero-order valence-corrected chi connectivity index (χ0v) is 12.3. The summed E-state index contributed by atoms with van der Waals surface area (Å²) in [5.41, 5.74) is 1.07. The minimum Gasteiger partial charge on any atom is -0.497 e. The van der Waals surface area contributed by atoms with E-state index in [-0.39, 0.29) is 18.8 Å². The van der Waals surface area contributed by atoms with E-state index in [1.165, 1.54) is 6.20 Å². The fourth-order valence-corrected chi connectivity index (χ4v) is 2.70. The summed E-state index contributed by atoms with van der Waals surface area (Å²) in [4.78, 5) is 18.1. The number of aliphatic hydroxyl groups is 1. The number of fused-ring (bicyclic) bond motifs is 1. The summed E-state index contributed by atoms with van der Waals surface area (Å²) in [7, 11) is 1.56. The number of rotatable bonds is 3. The van der Waals surface area contributed by atoms with Crippen LogP contribution in [-0.4, -0.2) is 52.0 Å². The Morgan fingerprint density at radius 2 is 2.32 bits per heavy atom. The number of methoxy groups -OCH3 is 1. The molecule has 1 aromatic carbocycles. The Labute approximate surface area is 126 Å². The zero-order chi connectivity index (χ0) is 15.7. The summed E-state index contributed by atoms with van der Waals surface area (Å²) in [5, 5.41) is 9.46. The first-order chi connectivity index (χ1) is 10.6. The molecule has 6 nitrogen and oxygen atoms in total. The van der Waals surface area contributed by atoms with Crippen molar-refractivity contribution in [2.45, 2.75) is 25.4 Å². The molecule has 1 fully saturated rings. The lowest BCUT2D eigenvalue weighted by Gasteiger charge is -2.32. The summed E-state index contributed by atoms with van der Waals surface area (Å²) in [5.74, 6) is 0.631. The van der Waals surface area contributed by atoms with Crippen LogP contribution in [0.2, 0.25) is 0 Å². The first-order valence-corrected chi connectivity index (χ1v) is 7.16. The molecule has 0 spiro atoms. The fourth-order valence-electron chi connectivity index (χ4n) is 2.70. The monoisotopic (exact) mass is 307 g/mol. The van der Waals surface area contributed by atoms with Gasteiger partial charge in [0.25, 0.3) is 5.56 Å². The van der Waals surface area contributed by atoms with Crippen molar-refractivity contribution in [2.24, 2.45) is 0 Å². The average molecular weight is 307 g/mol. The van der Waals surface area contributed by atoms with Gasteiger partial charge in [-0.1, -0.05) is 0 Å². The predicted octanol–water partition coefficient (Wildman–Crippen LogP) is 0.767. The third kappa shape index (κ3) is 2.82. The summed E-state index contributed by atoms with van der Waals surface area (Å²) in [6, 6.07) is 5.30. The molecule has 0 saturated carbocycles. The van der Waals surface area contributed by atoms with Crippen LogP contribution in [0.5, 0.6) is 5.75 Å². The molecular formula is C15H18FN3O3. The van der Waals surface area contributed by atoms with E-state index in [4.69, 9.17) is 4.74 Å². The lowest BCUT2D eigenvalue weighted by Crippen LogP contribution is -2.46. The van der Waals surface area contributed by atoms with Crippen LogP contribution in [0.1, 0.15) is 6.42 Å². The van der Waals surface area contributed by atoms with Gasteiger partial charge in [0.05, 0.1) is 37.1 Å². The molecule has 2 atom stereocenters. The molecule has 1 saturated heterocycles. The molecule has 2 heterocycles. The van der Waals surface area contributed by atoms with Gasteiger partial charge in [-0.05, 0) is 18.6 Å². The van der Waals surface area contributed by atoms with Crippen molar-refractivity contribution in [3.8, 4) is 5.75 Å². The molecule has 1 aliphatic heterocycles. The van der Waals surface area contributed by atoms with Crippen molar-refractivity contribution in [3.05, 3.63) is 34.7 Å². The Morgan fingerprint density at radius 3 is 3.05 bits per heavy atom. The highest BCUT2D eigenvalue weighted by Gasteiger charge is 2.27. The maximum Gasteiger partial charge on any atom is 0.270 e. The van der Waals surface area contributed by atoms with Crippen LogP contribution < -0.4 is 10.3 Å². The fraction of sp³-hybridized carbons (Fsp3) is 0.467. The van der Waals surface area contributed by atoms with E-state index in [0.717, 1.165) is 0 Å². The Bertz CT molecular complexity index is 734. The number of ether oxygens (including phenoxy) is 1. The normalized spacial score (nSPS) is 22.9. The van der Waals surface area contributed by atoms with E-state index >= 15 is 0 Å². The number of piperidine rings is 1. The van der Waals surface area contributed by atoms with Crippen molar-refractivity contribution in [3.63, 3.8) is 0 Å². The number of halogens is 1. The van der Waals surface area contributed by atoms with E-state index in [1.807, 2.05) is 4.90 Å². The molecule has 1 N–H and O–H groups in total. The Hall–Kier alpha value is -1.99. The minimum absolute atomic E-state index is 0.112. The number of aliphatic hydroxyl groups excluding tert-OH is 1. The predicted molar refractivity (Wildman–Crippen MR) is 79.6 cm³/mol. The van der Waals surface area contributed by atoms with Gasteiger partial charge < -0.3 is 9.84 Å². The van der Waals surface area contributed by atoms with E-state index in [1.54, 1.807) is 29.9 Å². The van der Waals surface area contributed by atoms with Gasteiger partial charge in [0.1, 0.15) is 11.9 Å². The second-order valence-corrected chi connectivity index (χ2v) is 5.47. The summed E-state index contributed by atoms with van der Waals surface area (Å²) in [6.07, 6.45) is -0.572. The minimum atomic E-state index is -1.29. The van der Waals surface area contributed by atoms with E-state index in [0.29, 0.717) is 29.7 Å². The number of hydrogen-bond donors (Lipinski definition) is 1. The van der Waals surface area contributed by atoms with Crippen LogP contribution in [0, 0.1) is 0 Å². The Balaban J connectivity index is 1.95. The lowest BCUT2D eigenvalue weighted by molar-refractivity contribution is -0.00329. The number of likely N-dealkylation sites (tertiary alicyclic amines) is 1. The highest BCUT2D eigenvalue weighted by molar-refractivity contribution is 5.76. The molecule has 3 rings (SSSR count). The van der Waals surface area contributed by atoms with Crippen molar-refractivity contribution in [1.82, 2.24) is 14.5 Å². The lowest BCUT2D eigenvalue weighted by atomic mass is 10.1. The van der Waals surface area contributed by atoms with Gasteiger partial charge >= 0.3 is 0 Å². The van der Waals surface area contributed by atoms with Crippen LogP contribution in [0.25, 0.3) is 11.0 Å². The smallest absolute Gasteiger partial charge is 0.270 e. The number of aromatic nitrogens is 2.